The van der Waals surface area contributed by atoms with E-state index >= 15 is 0 Å². The Morgan fingerprint density at radius 3 is 2.78 bits per heavy atom. The van der Waals surface area contributed by atoms with Crippen LogP contribution in [0.5, 0.6) is 0 Å². The third kappa shape index (κ3) is 4.94. The number of fused-ring (bicyclic) bond motifs is 2. The number of aromatic nitrogens is 1. The van der Waals surface area contributed by atoms with Gasteiger partial charge in [0.1, 0.15) is 0 Å². The minimum atomic E-state index is -0.516. The fourth-order valence-electron chi connectivity index (χ4n) is 4.64. The SMILES string of the molecule is C[C@H]1CNC(C(=O)c2ccc(-c3ccc4[nH]ccc4c3)c(C(=O)OCCCBr)c2)c2ccccc2N1. The second kappa shape index (κ2) is 10.7. The first kappa shape index (κ1) is 24.3. The van der Waals surface area contributed by atoms with Crippen LogP contribution in [0, 0.1) is 0 Å². The highest BCUT2D eigenvalue weighted by molar-refractivity contribution is 9.09. The van der Waals surface area contributed by atoms with Crippen LogP contribution < -0.4 is 10.6 Å². The van der Waals surface area contributed by atoms with Crippen LogP contribution in [0.1, 0.15) is 45.7 Å². The van der Waals surface area contributed by atoms with Crippen molar-refractivity contribution in [2.75, 3.05) is 23.8 Å². The van der Waals surface area contributed by atoms with Gasteiger partial charge in [-0.3, -0.25) is 4.79 Å². The number of carbonyl (C=O) groups excluding carboxylic acids is 2. The van der Waals surface area contributed by atoms with Crippen molar-refractivity contribution in [1.82, 2.24) is 10.3 Å². The van der Waals surface area contributed by atoms with Crippen molar-refractivity contribution in [3.8, 4) is 11.1 Å². The number of H-pyrrole nitrogens is 1. The van der Waals surface area contributed by atoms with Gasteiger partial charge in [0.2, 0.25) is 0 Å². The molecule has 1 aromatic heterocycles. The molecule has 1 aliphatic heterocycles. The zero-order valence-corrected chi connectivity index (χ0v) is 21.6. The summed E-state index contributed by atoms with van der Waals surface area (Å²) in [5.74, 6) is -0.514. The minimum absolute atomic E-state index is 0.0829. The first-order valence-corrected chi connectivity index (χ1v) is 13.2. The van der Waals surface area contributed by atoms with Crippen LogP contribution in [0.4, 0.5) is 5.69 Å². The van der Waals surface area contributed by atoms with Gasteiger partial charge in [0.25, 0.3) is 0 Å². The highest BCUT2D eigenvalue weighted by Gasteiger charge is 2.28. The Morgan fingerprint density at radius 1 is 1.06 bits per heavy atom. The predicted molar refractivity (Wildman–Crippen MR) is 147 cm³/mol. The van der Waals surface area contributed by atoms with Gasteiger partial charge in [0.05, 0.1) is 18.2 Å². The van der Waals surface area contributed by atoms with E-state index in [0.717, 1.165) is 38.6 Å². The molecule has 3 N–H and O–H groups in total. The van der Waals surface area contributed by atoms with E-state index in [2.05, 4.69) is 38.5 Å². The maximum atomic E-state index is 13.8. The van der Waals surface area contributed by atoms with E-state index in [1.165, 1.54) is 0 Å². The highest BCUT2D eigenvalue weighted by atomic mass is 79.9. The smallest absolute Gasteiger partial charge is 0.338 e. The molecule has 0 amide bonds. The summed E-state index contributed by atoms with van der Waals surface area (Å²) in [6.45, 7) is 3.02. The number of benzene rings is 3. The van der Waals surface area contributed by atoms with E-state index in [0.29, 0.717) is 30.7 Å². The molecular formula is C29H28BrN3O3. The Kier molecular flexibility index (Phi) is 7.20. The lowest BCUT2D eigenvalue weighted by Gasteiger charge is -2.18. The van der Waals surface area contributed by atoms with Crippen molar-refractivity contribution in [3.05, 3.63) is 89.6 Å². The lowest BCUT2D eigenvalue weighted by molar-refractivity contribution is 0.0507. The summed E-state index contributed by atoms with van der Waals surface area (Å²) in [7, 11) is 0. The lowest BCUT2D eigenvalue weighted by Crippen LogP contribution is -2.33. The van der Waals surface area contributed by atoms with Crippen LogP contribution in [0.25, 0.3) is 22.0 Å². The molecule has 1 aliphatic rings. The van der Waals surface area contributed by atoms with Crippen molar-refractivity contribution in [1.29, 1.82) is 0 Å². The largest absolute Gasteiger partial charge is 0.462 e. The fourth-order valence-corrected chi connectivity index (χ4v) is 4.87. The van der Waals surface area contributed by atoms with Crippen molar-refractivity contribution in [2.45, 2.75) is 25.4 Å². The van der Waals surface area contributed by atoms with Crippen molar-refractivity contribution in [2.24, 2.45) is 0 Å². The molecule has 0 saturated carbocycles. The molecule has 3 aromatic carbocycles. The summed E-state index contributed by atoms with van der Waals surface area (Å²) in [5.41, 5.74) is 5.35. The van der Waals surface area contributed by atoms with Gasteiger partial charge in [0, 0.05) is 46.4 Å². The monoisotopic (exact) mass is 545 g/mol. The normalized spacial score (nSPS) is 17.2. The molecule has 0 saturated heterocycles. The number of hydrogen-bond donors (Lipinski definition) is 3. The number of halogens is 1. The third-order valence-electron chi connectivity index (χ3n) is 6.46. The van der Waals surface area contributed by atoms with Gasteiger partial charge in [-0.2, -0.15) is 0 Å². The minimum Gasteiger partial charge on any atom is -0.462 e. The molecule has 4 aromatic rings. The number of Topliss-reactive ketones (excluding diaryl/α,β-unsaturated/α-hetero) is 1. The van der Waals surface area contributed by atoms with Crippen LogP contribution in [-0.4, -0.2) is 41.3 Å². The molecule has 0 aliphatic carbocycles. The van der Waals surface area contributed by atoms with Crippen LogP contribution >= 0.6 is 15.9 Å². The van der Waals surface area contributed by atoms with Crippen LogP contribution in [-0.2, 0) is 4.74 Å². The van der Waals surface area contributed by atoms with Gasteiger partial charge in [-0.25, -0.2) is 4.79 Å². The number of hydrogen-bond acceptors (Lipinski definition) is 5. The molecular weight excluding hydrogens is 518 g/mol. The van der Waals surface area contributed by atoms with E-state index < -0.39 is 12.0 Å². The number of ether oxygens (including phenoxy) is 1. The van der Waals surface area contributed by atoms with Gasteiger partial charge >= 0.3 is 5.97 Å². The molecule has 0 fully saturated rings. The first-order chi connectivity index (χ1) is 17.5. The van der Waals surface area contributed by atoms with Gasteiger partial charge in [-0.05, 0) is 60.2 Å². The van der Waals surface area contributed by atoms with Gasteiger partial charge < -0.3 is 20.4 Å². The van der Waals surface area contributed by atoms with Crippen LogP contribution in [0.3, 0.4) is 0 Å². The van der Waals surface area contributed by atoms with Gasteiger partial charge in [0.15, 0.2) is 5.78 Å². The number of rotatable bonds is 7. The molecule has 2 heterocycles. The number of esters is 1. The van der Waals surface area contributed by atoms with Crippen LogP contribution in [0.15, 0.2) is 72.9 Å². The summed E-state index contributed by atoms with van der Waals surface area (Å²) in [5, 5.41) is 8.66. The summed E-state index contributed by atoms with van der Waals surface area (Å²) >= 11 is 3.37. The summed E-state index contributed by atoms with van der Waals surface area (Å²) in [4.78, 5) is 30.2. The molecule has 2 atom stereocenters. The van der Waals surface area contributed by atoms with Crippen LogP contribution in [0.2, 0.25) is 0 Å². The predicted octanol–water partition coefficient (Wildman–Crippen LogP) is 6.10. The molecule has 0 spiro atoms. The van der Waals surface area contributed by atoms with Crippen molar-refractivity contribution >= 4 is 44.3 Å². The van der Waals surface area contributed by atoms with Crippen molar-refractivity contribution < 1.29 is 14.3 Å². The maximum absolute atomic E-state index is 13.8. The molecule has 6 nitrogen and oxygen atoms in total. The standard InChI is InChI=1S/C29H28BrN3O3/c1-18-17-32-27(23-5-2-3-6-26(23)33-18)28(34)21-7-9-22(24(16-21)29(35)36-14-4-12-30)19-8-10-25-20(15-19)11-13-31-25/h2-3,5-11,13,15-16,18,27,31-33H,4,12,14,17H2,1H3/t18-,27?/m0/s1. The number of aromatic amines is 1. The summed E-state index contributed by atoms with van der Waals surface area (Å²) in [6, 6.07) is 20.8. The number of anilines is 1. The molecule has 7 heteroatoms. The average Bonchev–Trinajstić information content (AvgIpc) is 3.30. The number of alkyl halides is 1. The molecule has 1 unspecified atom stereocenters. The Balaban J connectivity index is 1.54. The number of para-hydroxylation sites is 1. The third-order valence-corrected chi connectivity index (χ3v) is 7.02. The fraction of sp³-hybridized carbons (Fsp3) is 0.241. The first-order valence-electron chi connectivity index (χ1n) is 12.1. The van der Waals surface area contributed by atoms with E-state index in [1.54, 1.807) is 12.1 Å². The van der Waals surface area contributed by atoms with Crippen molar-refractivity contribution in [3.63, 3.8) is 0 Å². The van der Waals surface area contributed by atoms with E-state index in [4.69, 9.17) is 4.74 Å². The Hall–Kier alpha value is -3.42. The second-order valence-corrected chi connectivity index (χ2v) is 9.85. The van der Waals surface area contributed by atoms with Gasteiger partial charge in [-0.1, -0.05) is 52.3 Å². The second-order valence-electron chi connectivity index (χ2n) is 9.06. The number of carbonyl (C=O) groups is 2. The Morgan fingerprint density at radius 2 is 1.92 bits per heavy atom. The van der Waals surface area contributed by atoms with E-state index in [-0.39, 0.29) is 11.8 Å². The zero-order valence-electron chi connectivity index (χ0n) is 20.0. The molecule has 184 valence electrons. The molecule has 0 radical (unpaired) electrons. The summed E-state index contributed by atoms with van der Waals surface area (Å²) < 4.78 is 5.56. The molecule has 36 heavy (non-hydrogen) atoms. The summed E-state index contributed by atoms with van der Waals surface area (Å²) in [6.07, 6.45) is 2.60. The quantitative estimate of drug-likeness (QED) is 0.113. The molecule has 0 bridgehead atoms. The average molecular weight is 546 g/mol. The number of ketones is 1. The Bertz CT molecular complexity index is 1410. The van der Waals surface area contributed by atoms with Gasteiger partial charge in [-0.15, -0.1) is 0 Å². The lowest BCUT2D eigenvalue weighted by atomic mass is 9.91. The number of nitrogens with one attached hydrogen (secondary N) is 3. The highest BCUT2D eigenvalue weighted by Crippen LogP contribution is 2.32. The van der Waals surface area contributed by atoms with E-state index in [9.17, 15) is 9.59 Å². The molecule has 5 rings (SSSR count). The Labute approximate surface area is 218 Å². The topological polar surface area (TPSA) is 83.2 Å². The maximum Gasteiger partial charge on any atom is 0.338 e. The zero-order chi connectivity index (χ0) is 25.1. The van der Waals surface area contributed by atoms with E-state index in [1.807, 2.05) is 60.8 Å².